The molecule has 28 heavy (non-hydrogen) atoms. The highest BCUT2D eigenvalue weighted by Crippen LogP contribution is 2.18. The topological polar surface area (TPSA) is 70.5 Å². The van der Waals surface area contributed by atoms with Crippen LogP contribution < -0.4 is 5.32 Å². The zero-order valence-corrected chi connectivity index (χ0v) is 16.5. The summed E-state index contributed by atoms with van der Waals surface area (Å²) < 4.78 is 15.1. The van der Waals surface area contributed by atoms with Crippen molar-refractivity contribution >= 4 is 17.5 Å². The lowest BCUT2D eigenvalue weighted by molar-refractivity contribution is -0.117. The van der Waals surface area contributed by atoms with Crippen LogP contribution in [0.2, 0.25) is 0 Å². The molecule has 7 nitrogen and oxygen atoms in total. The summed E-state index contributed by atoms with van der Waals surface area (Å²) in [5.74, 6) is -0.684. The van der Waals surface area contributed by atoms with Crippen molar-refractivity contribution in [1.29, 1.82) is 0 Å². The van der Waals surface area contributed by atoms with Gasteiger partial charge in [0, 0.05) is 38.8 Å². The van der Waals surface area contributed by atoms with Gasteiger partial charge in [0.1, 0.15) is 5.82 Å². The third kappa shape index (κ3) is 4.56. The molecular weight excluding hydrogens is 361 g/mol. The van der Waals surface area contributed by atoms with Crippen LogP contribution in [0.15, 0.2) is 24.3 Å². The Balaban J connectivity index is 1.56. The van der Waals surface area contributed by atoms with Crippen molar-refractivity contribution in [3.63, 3.8) is 0 Å². The molecule has 2 heterocycles. The van der Waals surface area contributed by atoms with E-state index in [0.717, 1.165) is 30.0 Å². The first-order valence-corrected chi connectivity index (χ1v) is 9.42. The van der Waals surface area contributed by atoms with Gasteiger partial charge in [-0.05, 0) is 38.5 Å². The van der Waals surface area contributed by atoms with Crippen LogP contribution in [-0.4, -0.2) is 64.1 Å². The largest absolute Gasteiger partial charge is 0.337 e. The maximum Gasteiger partial charge on any atom is 0.254 e. The summed E-state index contributed by atoms with van der Waals surface area (Å²) in [6.07, 6.45) is 0.763. The van der Waals surface area contributed by atoms with Crippen molar-refractivity contribution in [1.82, 2.24) is 19.6 Å². The number of nitrogens with one attached hydrogen (secondary N) is 1. The van der Waals surface area contributed by atoms with Crippen molar-refractivity contribution < 1.29 is 14.0 Å². The van der Waals surface area contributed by atoms with Crippen LogP contribution in [0.3, 0.4) is 0 Å². The molecule has 3 rings (SSSR count). The predicted octanol–water partition coefficient (Wildman–Crippen LogP) is 1.96. The minimum absolute atomic E-state index is 0.0934. The molecule has 0 unspecified atom stereocenters. The molecule has 0 radical (unpaired) electrons. The van der Waals surface area contributed by atoms with Crippen LogP contribution in [0.1, 0.15) is 28.2 Å². The molecule has 0 saturated carbocycles. The Bertz CT molecular complexity index is 879. The summed E-state index contributed by atoms with van der Waals surface area (Å²) in [7, 11) is 1.84. The van der Waals surface area contributed by atoms with Gasteiger partial charge in [0.15, 0.2) is 0 Å². The Kier molecular flexibility index (Phi) is 6.08. The van der Waals surface area contributed by atoms with E-state index >= 15 is 0 Å². The second-order valence-corrected chi connectivity index (χ2v) is 7.15. The highest BCUT2D eigenvalue weighted by molar-refractivity contribution is 5.94. The lowest BCUT2D eigenvalue weighted by atomic mass is 10.2. The van der Waals surface area contributed by atoms with Gasteiger partial charge in [-0.1, -0.05) is 6.07 Å². The van der Waals surface area contributed by atoms with Gasteiger partial charge in [0.2, 0.25) is 5.91 Å². The van der Waals surface area contributed by atoms with E-state index in [1.807, 2.05) is 25.8 Å². The molecule has 0 spiro atoms. The van der Waals surface area contributed by atoms with Crippen molar-refractivity contribution in [3.05, 3.63) is 47.0 Å². The molecule has 1 aliphatic rings. The third-order valence-corrected chi connectivity index (χ3v) is 5.09. The van der Waals surface area contributed by atoms with E-state index in [2.05, 4.69) is 10.4 Å². The summed E-state index contributed by atoms with van der Waals surface area (Å²) in [6.45, 7) is 6.46. The van der Waals surface area contributed by atoms with Gasteiger partial charge < -0.3 is 10.2 Å². The standard InChI is InChI=1S/C20H26FN5O2/c1-14-19(15(2)24(3)23-14)22-18(27)13-25-8-5-9-26(11-10-25)20(28)16-6-4-7-17(21)12-16/h4,6-7,12H,5,8-11,13H2,1-3H3,(H,22,27). The first kappa shape index (κ1) is 20.0. The molecular formula is C20H26FN5O2. The lowest BCUT2D eigenvalue weighted by Crippen LogP contribution is -2.38. The summed E-state index contributed by atoms with van der Waals surface area (Å²) in [5.41, 5.74) is 2.81. The van der Waals surface area contributed by atoms with Gasteiger partial charge in [0.25, 0.3) is 5.91 Å². The predicted molar refractivity (Wildman–Crippen MR) is 105 cm³/mol. The van der Waals surface area contributed by atoms with E-state index in [1.165, 1.54) is 12.1 Å². The number of carbonyl (C=O) groups excluding carboxylic acids is 2. The summed E-state index contributed by atoms with van der Waals surface area (Å²) in [6, 6.07) is 5.75. The molecule has 8 heteroatoms. The molecule has 150 valence electrons. The SMILES string of the molecule is Cc1nn(C)c(C)c1NC(=O)CN1CCCN(C(=O)c2cccc(F)c2)CC1. The molecule has 1 aromatic carbocycles. The molecule has 2 aromatic rings. The van der Waals surface area contributed by atoms with E-state index in [-0.39, 0.29) is 18.4 Å². The lowest BCUT2D eigenvalue weighted by Gasteiger charge is -2.22. The Morgan fingerprint density at radius 1 is 1.18 bits per heavy atom. The minimum Gasteiger partial charge on any atom is -0.337 e. The average Bonchev–Trinajstić information content (AvgIpc) is 2.83. The quantitative estimate of drug-likeness (QED) is 0.871. The molecule has 0 bridgehead atoms. The van der Waals surface area contributed by atoms with E-state index in [4.69, 9.17) is 0 Å². The number of hydrogen-bond donors (Lipinski definition) is 1. The van der Waals surface area contributed by atoms with Gasteiger partial charge in [0.05, 0.1) is 23.6 Å². The highest BCUT2D eigenvalue weighted by Gasteiger charge is 2.22. The van der Waals surface area contributed by atoms with E-state index < -0.39 is 5.82 Å². The van der Waals surface area contributed by atoms with Gasteiger partial charge in [-0.2, -0.15) is 5.10 Å². The third-order valence-electron chi connectivity index (χ3n) is 5.09. The monoisotopic (exact) mass is 387 g/mol. The molecule has 0 atom stereocenters. The average molecular weight is 387 g/mol. The van der Waals surface area contributed by atoms with Crippen molar-refractivity contribution in [2.24, 2.45) is 7.05 Å². The van der Waals surface area contributed by atoms with Crippen LogP contribution in [0.4, 0.5) is 10.1 Å². The van der Waals surface area contributed by atoms with Crippen LogP contribution >= 0.6 is 0 Å². The van der Waals surface area contributed by atoms with E-state index in [0.29, 0.717) is 25.2 Å². The van der Waals surface area contributed by atoms with Crippen LogP contribution in [-0.2, 0) is 11.8 Å². The number of aryl methyl sites for hydroxylation is 2. The number of carbonyl (C=O) groups is 2. The van der Waals surface area contributed by atoms with Crippen LogP contribution in [0.25, 0.3) is 0 Å². The molecule has 1 fully saturated rings. The van der Waals surface area contributed by atoms with Crippen LogP contribution in [0.5, 0.6) is 0 Å². The van der Waals surface area contributed by atoms with Gasteiger partial charge >= 0.3 is 0 Å². The molecule has 1 aliphatic heterocycles. The van der Waals surface area contributed by atoms with Crippen LogP contribution in [0, 0.1) is 19.7 Å². The first-order chi connectivity index (χ1) is 13.3. The number of amides is 2. The maximum atomic E-state index is 13.4. The fourth-order valence-corrected chi connectivity index (χ4v) is 3.47. The number of aromatic nitrogens is 2. The fraction of sp³-hybridized carbons (Fsp3) is 0.450. The number of halogens is 1. The number of rotatable bonds is 4. The summed E-state index contributed by atoms with van der Waals surface area (Å²) in [4.78, 5) is 28.8. The Morgan fingerprint density at radius 2 is 1.96 bits per heavy atom. The van der Waals surface area contributed by atoms with Gasteiger partial charge in [-0.25, -0.2) is 4.39 Å². The first-order valence-electron chi connectivity index (χ1n) is 9.42. The number of nitrogens with zero attached hydrogens (tertiary/aromatic N) is 4. The number of anilines is 1. The zero-order valence-electron chi connectivity index (χ0n) is 16.5. The van der Waals surface area contributed by atoms with Crippen molar-refractivity contribution in [2.75, 3.05) is 38.0 Å². The molecule has 1 N–H and O–H groups in total. The maximum absolute atomic E-state index is 13.4. The zero-order chi connectivity index (χ0) is 20.3. The summed E-state index contributed by atoms with van der Waals surface area (Å²) in [5, 5.41) is 7.25. The Labute approximate surface area is 164 Å². The highest BCUT2D eigenvalue weighted by atomic mass is 19.1. The smallest absolute Gasteiger partial charge is 0.254 e. The Morgan fingerprint density at radius 3 is 2.64 bits per heavy atom. The van der Waals surface area contributed by atoms with E-state index in [1.54, 1.807) is 21.7 Å². The number of benzene rings is 1. The second-order valence-electron chi connectivity index (χ2n) is 7.15. The Hall–Kier alpha value is -2.74. The van der Waals surface area contributed by atoms with Gasteiger partial charge in [-0.3, -0.25) is 19.2 Å². The molecule has 2 amide bonds. The number of hydrogen-bond acceptors (Lipinski definition) is 4. The molecule has 1 saturated heterocycles. The molecule has 1 aromatic heterocycles. The van der Waals surface area contributed by atoms with Gasteiger partial charge in [-0.15, -0.1) is 0 Å². The summed E-state index contributed by atoms with van der Waals surface area (Å²) >= 11 is 0. The normalized spacial score (nSPS) is 15.4. The van der Waals surface area contributed by atoms with Crippen molar-refractivity contribution in [2.45, 2.75) is 20.3 Å². The fourth-order valence-electron chi connectivity index (χ4n) is 3.47. The van der Waals surface area contributed by atoms with E-state index in [9.17, 15) is 14.0 Å². The molecule has 0 aliphatic carbocycles. The minimum atomic E-state index is -0.417. The van der Waals surface area contributed by atoms with Crippen molar-refractivity contribution in [3.8, 4) is 0 Å². The second kappa shape index (κ2) is 8.52.